The van der Waals surface area contributed by atoms with Gasteiger partial charge in [0.05, 0.1) is 15.6 Å². The second kappa shape index (κ2) is 9.28. The number of rotatable bonds is 6. The molecule has 0 fully saturated rings. The van der Waals surface area contributed by atoms with Gasteiger partial charge in [-0.15, -0.1) is 0 Å². The second-order valence-corrected chi connectivity index (χ2v) is 9.53. The van der Waals surface area contributed by atoms with Gasteiger partial charge in [0.1, 0.15) is 19.8 Å². The van der Waals surface area contributed by atoms with Crippen molar-refractivity contribution in [3.8, 4) is 11.5 Å². The lowest BCUT2D eigenvalue weighted by atomic mass is 10.2. The van der Waals surface area contributed by atoms with Crippen LogP contribution < -0.4 is 19.1 Å². The lowest BCUT2D eigenvalue weighted by Gasteiger charge is -2.25. The first-order chi connectivity index (χ1) is 15.3. The molecule has 4 rings (SSSR count). The standard InChI is InChI=1S/C22H18Cl2N2O5S/c23-15-6-8-19(18(24)12-15)26(32(28,29)17-4-2-1-3-5-17)14-22(27)25-16-7-9-20-21(13-16)31-11-10-30-20/h1-9,12-13H,10-11,14H2,(H,25,27). The molecule has 166 valence electrons. The highest BCUT2D eigenvalue weighted by molar-refractivity contribution is 7.92. The molecule has 7 nitrogen and oxygen atoms in total. The highest BCUT2D eigenvalue weighted by Gasteiger charge is 2.29. The number of fused-ring (bicyclic) bond motifs is 1. The maximum Gasteiger partial charge on any atom is 0.264 e. The van der Waals surface area contributed by atoms with Crippen LogP contribution in [-0.4, -0.2) is 34.1 Å². The summed E-state index contributed by atoms with van der Waals surface area (Å²) in [6, 6.07) is 17.1. The molecule has 0 bridgehead atoms. The number of amides is 1. The van der Waals surface area contributed by atoms with Crippen LogP contribution in [0.2, 0.25) is 10.0 Å². The highest BCUT2D eigenvalue weighted by atomic mass is 35.5. The molecule has 10 heteroatoms. The molecule has 0 unspecified atom stereocenters. The van der Waals surface area contributed by atoms with Gasteiger partial charge >= 0.3 is 0 Å². The number of benzene rings is 3. The van der Waals surface area contributed by atoms with E-state index >= 15 is 0 Å². The van der Waals surface area contributed by atoms with Gasteiger partial charge in [-0.25, -0.2) is 8.42 Å². The van der Waals surface area contributed by atoms with Crippen LogP contribution in [0.5, 0.6) is 11.5 Å². The summed E-state index contributed by atoms with van der Waals surface area (Å²) in [4.78, 5) is 12.9. The van der Waals surface area contributed by atoms with Crippen molar-refractivity contribution in [1.82, 2.24) is 0 Å². The van der Waals surface area contributed by atoms with Gasteiger partial charge in [0, 0.05) is 16.8 Å². The highest BCUT2D eigenvalue weighted by Crippen LogP contribution is 2.34. The molecule has 1 aliphatic rings. The molecule has 0 atom stereocenters. The monoisotopic (exact) mass is 492 g/mol. The number of anilines is 2. The fraction of sp³-hybridized carbons (Fsp3) is 0.136. The Bertz CT molecular complexity index is 1250. The minimum Gasteiger partial charge on any atom is -0.486 e. The number of carbonyl (C=O) groups is 1. The molecule has 1 N–H and O–H groups in total. The van der Waals surface area contributed by atoms with Gasteiger partial charge < -0.3 is 14.8 Å². The minimum absolute atomic E-state index is 0.0261. The fourth-order valence-corrected chi connectivity index (χ4v) is 5.18. The zero-order chi connectivity index (χ0) is 22.7. The summed E-state index contributed by atoms with van der Waals surface area (Å²) in [5.41, 5.74) is 0.579. The number of carbonyl (C=O) groups excluding carboxylic acids is 1. The third kappa shape index (κ3) is 4.77. The summed E-state index contributed by atoms with van der Waals surface area (Å²) >= 11 is 12.3. The molecule has 1 heterocycles. The quantitative estimate of drug-likeness (QED) is 0.543. The van der Waals surface area contributed by atoms with Gasteiger partial charge in [0.2, 0.25) is 5.91 Å². The predicted octanol–water partition coefficient (Wildman–Crippen LogP) is 4.60. The van der Waals surface area contributed by atoms with Gasteiger partial charge in [-0.1, -0.05) is 41.4 Å². The number of ether oxygens (including phenoxy) is 2. The molecule has 32 heavy (non-hydrogen) atoms. The number of hydrogen-bond acceptors (Lipinski definition) is 5. The van der Waals surface area contributed by atoms with E-state index in [4.69, 9.17) is 32.7 Å². The van der Waals surface area contributed by atoms with Crippen LogP contribution in [0.4, 0.5) is 11.4 Å². The Morgan fingerprint density at radius 1 is 0.938 bits per heavy atom. The van der Waals surface area contributed by atoms with E-state index in [1.165, 1.54) is 30.3 Å². The normalized spacial score (nSPS) is 12.8. The van der Waals surface area contributed by atoms with Crippen molar-refractivity contribution in [3.05, 3.63) is 76.8 Å². The van der Waals surface area contributed by atoms with E-state index in [-0.39, 0.29) is 15.6 Å². The van der Waals surface area contributed by atoms with Crippen molar-refractivity contribution in [2.75, 3.05) is 29.4 Å². The number of nitrogens with zero attached hydrogens (tertiary/aromatic N) is 1. The van der Waals surface area contributed by atoms with Crippen molar-refractivity contribution < 1.29 is 22.7 Å². The van der Waals surface area contributed by atoms with Gasteiger partial charge in [0.15, 0.2) is 11.5 Å². The third-order valence-corrected chi connectivity index (χ3v) is 6.93. The summed E-state index contributed by atoms with van der Waals surface area (Å²) in [7, 11) is -4.09. The fourth-order valence-electron chi connectivity index (χ4n) is 3.15. The smallest absolute Gasteiger partial charge is 0.264 e. The lowest BCUT2D eigenvalue weighted by Crippen LogP contribution is -2.38. The van der Waals surface area contributed by atoms with E-state index in [1.54, 1.807) is 36.4 Å². The van der Waals surface area contributed by atoms with Crippen molar-refractivity contribution in [2.24, 2.45) is 0 Å². The summed E-state index contributed by atoms with van der Waals surface area (Å²) in [5, 5.41) is 3.14. The Morgan fingerprint density at radius 2 is 1.66 bits per heavy atom. The lowest BCUT2D eigenvalue weighted by molar-refractivity contribution is -0.114. The van der Waals surface area contributed by atoms with E-state index in [0.717, 1.165) is 4.31 Å². The van der Waals surface area contributed by atoms with Crippen LogP contribution in [0.25, 0.3) is 0 Å². The van der Waals surface area contributed by atoms with Crippen molar-refractivity contribution >= 4 is 50.5 Å². The van der Waals surface area contributed by atoms with Crippen LogP contribution in [-0.2, 0) is 14.8 Å². The summed E-state index contributed by atoms with van der Waals surface area (Å²) in [6.45, 7) is 0.350. The van der Waals surface area contributed by atoms with E-state index in [9.17, 15) is 13.2 Å². The summed E-state index contributed by atoms with van der Waals surface area (Å²) in [5.74, 6) is 0.520. The molecule has 3 aromatic rings. The number of halogens is 2. The molecular formula is C22H18Cl2N2O5S. The Labute approximate surface area is 195 Å². The number of sulfonamides is 1. The van der Waals surface area contributed by atoms with Crippen molar-refractivity contribution in [2.45, 2.75) is 4.90 Å². The third-order valence-electron chi connectivity index (χ3n) is 4.62. The topological polar surface area (TPSA) is 84.9 Å². The largest absolute Gasteiger partial charge is 0.486 e. The zero-order valence-corrected chi connectivity index (χ0v) is 19.0. The molecule has 1 aliphatic heterocycles. The maximum absolute atomic E-state index is 13.4. The van der Waals surface area contributed by atoms with Crippen molar-refractivity contribution in [1.29, 1.82) is 0 Å². The molecule has 1 amide bonds. The molecule has 0 saturated heterocycles. The SMILES string of the molecule is O=C(CN(c1ccc(Cl)cc1Cl)S(=O)(=O)c1ccccc1)Nc1ccc2c(c1)OCCO2. The molecule has 0 aliphatic carbocycles. The molecule has 3 aromatic carbocycles. The van der Waals surface area contributed by atoms with E-state index in [1.807, 2.05) is 0 Å². The van der Waals surface area contributed by atoms with Crippen LogP contribution in [0.1, 0.15) is 0 Å². The Hall–Kier alpha value is -2.94. The van der Waals surface area contributed by atoms with Gasteiger partial charge in [-0.2, -0.15) is 0 Å². The predicted molar refractivity (Wildman–Crippen MR) is 123 cm³/mol. The Balaban J connectivity index is 1.64. The number of nitrogens with one attached hydrogen (secondary N) is 1. The number of hydrogen-bond donors (Lipinski definition) is 1. The summed E-state index contributed by atoms with van der Waals surface area (Å²) < 4.78 is 38.7. The van der Waals surface area contributed by atoms with Crippen LogP contribution in [0, 0.1) is 0 Å². The molecule has 0 aromatic heterocycles. The maximum atomic E-state index is 13.4. The van der Waals surface area contributed by atoms with Crippen LogP contribution >= 0.6 is 23.2 Å². The molecule has 0 spiro atoms. The minimum atomic E-state index is -4.09. The van der Waals surface area contributed by atoms with E-state index < -0.39 is 22.5 Å². The average molecular weight is 493 g/mol. The first kappa shape index (κ1) is 22.3. The van der Waals surface area contributed by atoms with Gasteiger partial charge in [0.25, 0.3) is 10.0 Å². The Kier molecular flexibility index (Phi) is 6.45. The first-order valence-electron chi connectivity index (χ1n) is 9.57. The first-order valence-corrected chi connectivity index (χ1v) is 11.8. The average Bonchev–Trinajstić information content (AvgIpc) is 2.78. The summed E-state index contributed by atoms with van der Waals surface area (Å²) in [6.07, 6.45) is 0. The van der Waals surface area contributed by atoms with E-state index in [2.05, 4.69) is 5.32 Å². The van der Waals surface area contributed by atoms with E-state index in [0.29, 0.717) is 35.4 Å². The Morgan fingerprint density at radius 3 is 2.38 bits per heavy atom. The molecule has 0 radical (unpaired) electrons. The van der Waals surface area contributed by atoms with Gasteiger partial charge in [-0.05, 0) is 42.5 Å². The second-order valence-electron chi connectivity index (χ2n) is 6.83. The zero-order valence-electron chi connectivity index (χ0n) is 16.6. The van der Waals surface area contributed by atoms with Crippen LogP contribution in [0.3, 0.4) is 0 Å². The molecule has 0 saturated carbocycles. The van der Waals surface area contributed by atoms with Crippen molar-refractivity contribution in [3.63, 3.8) is 0 Å². The molecular weight excluding hydrogens is 475 g/mol. The van der Waals surface area contributed by atoms with Crippen LogP contribution in [0.15, 0.2) is 71.6 Å². The van der Waals surface area contributed by atoms with Gasteiger partial charge in [-0.3, -0.25) is 9.10 Å².